The zero-order chi connectivity index (χ0) is 21.8. The lowest BCUT2D eigenvalue weighted by atomic mass is 10.1. The number of pyridine rings is 1. The minimum Gasteiger partial charge on any atom is -0.350 e. The SMILES string of the molecule is N#CC(c1ccnc(NCc2ccc(-c3ccccn3)cc2)n1)c1nc2ccccc2s1. The third kappa shape index (κ3) is 4.17. The van der Waals surface area contributed by atoms with Gasteiger partial charge in [0.25, 0.3) is 0 Å². The fourth-order valence-electron chi connectivity index (χ4n) is 3.39. The highest BCUT2D eigenvalue weighted by Gasteiger charge is 2.20. The third-order valence-corrected chi connectivity index (χ3v) is 6.13. The molecule has 5 rings (SSSR count). The number of anilines is 1. The van der Waals surface area contributed by atoms with Gasteiger partial charge < -0.3 is 5.32 Å². The van der Waals surface area contributed by atoms with Gasteiger partial charge in [0.2, 0.25) is 5.95 Å². The summed E-state index contributed by atoms with van der Waals surface area (Å²) in [7, 11) is 0. The van der Waals surface area contributed by atoms with E-state index in [1.54, 1.807) is 18.5 Å². The molecule has 1 N–H and O–H groups in total. The number of benzene rings is 2. The van der Waals surface area contributed by atoms with Crippen LogP contribution in [0.2, 0.25) is 0 Å². The van der Waals surface area contributed by atoms with Gasteiger partial charge in [-0.2, -0.15) is 5.26 Å². The van der Waals surface area contributed by atoms with Gasteiger partial charge in [0, 0.05) is 24.5 Å². The highest BCUT2D eigenvalue weighted by Crippen LogP contribution is 2.30. The molecule has 6 nitrogen and oxygen atoms in total. The third-order valence-electron chi connectivity index (χ3n) is 5.02. The summed E-state index contributed by atoms with van der Waals surface area (Å²) in [5.74, 6) is -0.0498. The van der Waals surface area contributed by atoms with Crippen molar-refractivity contribution in [3.63, 3.8) is 0 Å². The minimum absolute atomic E-state index is 0.484. The summed E-state index contributed by atoms with van der Waals surface area (Å²) in [4.78, 5) is 17.9. The molecule has 0 saturated heterocycles. The van der Waals surface area contributed by atoms with Crippen LogP contribution in [-0.4, -0.2) is 19.9 Å². The van der Waals surface area contributed by atoms with Crippen LogP contribution in [0.3, 0.4) is 0 Å². The van der Waals surface area contributed by atoms with Gasteiger partial charge >= 0.3 is 0 Å². The lowest BCUT2D eigenvalue weighted by Crippen LogP contribution is -2.07. The molecule has 154 valence electrons. The maximum absolute atomic E-state index is 9.81. The number of aromatic nitrogens is 4. The number of thiazole rings is 1. The minimum atomic E-state index is -0.534. The molecule has 3 aromatic heterocycles. The van der Waals surface area contributed by atoms with E-state index in [0.717, 1.165) is 32.0 Å². The lowest BCUT2D eigenvalue weighted by Gasteiger charge is -2.09. The molecule has 0 spiro atoms. The average molecular weight is 435 g/mol. The largest absolute Gasteiger partial charge is 0.350 e. The van der Waals surface area contributed by atoms with Crippen LogP contribution in [0.5, 0.6) is 0 Å². The van der Waals surface area contributed by atoms with Crippen molar-refractivity contribution in [1.82, 2.24) is 19.9 Å². The summed E-state index contributed by atoms with van der Waals surface area (Å²) in [6.07, 6.45) is 3.46. The van der Waals surface area contributed by atoms with Crippen LogP contribution < -0.4 is 5.32 Å². The van der Waals surface area contributed by atoms with E-state index in [1.165, 1.54) is 11.3 Å². The van der Waals surface area contributed by atoms with Gasteiger partial charge in [0.1, 0.15) is 10.9 Å². The van der Waals surface area contributed by atoms with Gasteiger partial charge in [-0.15, -0.1) is 11.3 Å². The zero-order valence-corrected chi connectivity index (χ0v) is 17.8. The van der Waals surface area contributed by atoms with Crippen LogP contribution in [0.4, 0.5) is 5.95 Å². The second-order valence-electron chi connectivity index (χ2n) is 7.15. The zero-order valence-electron chi connectivity index (χ0n) is 17.0. The van der Waals surface area contributed by atoms with E-state index in [-0.39, 0.29) is 0 Å². The number of nitriles is 1. The van der Waals surface area contributed by atoms with E-state index in [0.29, 0.717) is 18.2 Å². The first-order valence-corrected chi connectivity index (χ1v) is 10.9. The second kappa shape index (κ2) is 8.92. The number of rotatable bonds is 6. The Morgan fingerprint density at radius 1 is 0.875 bits per heavy atom. The molecule has 0 aliphatic carbocycles. The molecule has 0 radical (unpaired) electrons. The van der Waals surface area contributed by atoms with Crippen LogP contribution in [0, 0.1) is 11.3 Å². The Bertz CT molecular complexity index is 1360. The van der Waals surface area contributed by atoms with Crippen molar-refractivity contribution in [3.8, 4) is 17.3 Å². The average Bonchev–Trinajstić information content (AvgIpc) is 3.28. The van der Waals surface area contributed by atoms with Gasteiger partial charge in [-0.3, -0.25) is 4.98 Å². The quantitative estimate of drug-likeness (QED) is 0.384. The Kier molecular flexibility index (Phi) is 5.52. The lowest BCUT2D eigenvalue weighted by molar-refractivity contribution is 0.926. The molecule has 0 fully saturated rings. The molecule has 5 aromatic rings. The molecule has 0 aliphatic heterocycles. The predicted octanol–water partition coefficient (Wildman–Crippen LogP) is 5.42. The first-order valence-electron chi connectivity index (χ1n) is 10.1. The number of para-hydroxylation sites is 1. The first-order chi connectivity index (χ1) is 15.8. The van der Waals surface area contributed by atoms with E-state index < -0.39 is 5.92 Å². The molecule has 1 unspecified atom stereocenters. The number of nitrogens with one attached hydrogen (secondary N) is 1. The monoisotopic (exact) mass is 434 g/mol. The fourth-order valence-corrected chi connectivity index (χ4v) is 4.41. The molecule has 1 atom stereocenters. The maximum Gasteiger partial charge on any atom is 0.223 e. The Balaban J connectivity index is 1.31. The van der Waals surface area contributed by atoms with Crippen LogP contribution in [-0.2, 0) is 6.54 Å². The molecule has 0 amide bonds. The second-order valence-corrected chi connectivity index (χ2v) is 8.21. The highest BCUT2D eigenvalue weighted by molar-refractivity contribution is 7.18. The van der Waals surface area contributed by atoms with Crippen LogP contribution >= 0.6 is 11.3 Å². The van der Waals surface area contributed by atoms with Gasteiger partial charge in [0.15, 0.2) is 0 Å². The van der Waals surface area contributed by atoms with Crippen LogP contribution in [0.25, 0.3) is 21.5 Å². The molecular formula is C25H18N6S. The summed E-state index contributed by atoms with van der Waals surface area (Å²) in [6, 6.07) is 26.1. The van der Waals surface area contributed by atoms with E-state index >= 15 is 0 Å². The smallest absolute Gasteiger partial charge is 0.223 e. The van der Waals surface area contributed by atoms with Crippen molar-refractivity contribution in [2.24, 2.45) is 0 Å². The Morgan fingerprint density at radius 3 is 2.50 bits per heavy atom. The normalized spacial score (nSPS) is 11.7. The number of fused-ring (bicyclic) bond motifs is 1. The number of hydrogen-bond acceptors (Lipinski definition) is 7. The van der Waals surface area contributed by atoms with E-state index in [1.807, 2.05) is 42.5 Å². The molecule has 2 aromatic carbocycles. The number of nitrogens with zero attached hydrogens (tertiary/aromatic N) is 5. The molecule has 3 heterocycles. The topological polar surface area (TPSA) is 87.4 Å². The predicted molar refractivity (Wildman–Crippen MR) is 126 cm³/mol. The summed E-state index contributed by atoms with van der Waals surface area (Å²) in [5.41, 5.74) is 4.64. The van der Waals surface area contributed by atoms with Crippen LogP contribution in [0.15, 0.2) is 85.2 Å². The molecule has 0 saturated carbocycles. The first kappa shape index (κ1) is 19.8. The van der Waals surface area contributed by atoms with E-state index in [9.17, 15) is 5.26 Å². The molecule has 7 heteroatoms. The van der Waals surface area contributed by atoms with Gasteiger partial charge in [-0.25, -0.2) is 15.0 Å². The van der Waals surface area contributed by atoms with Crippen molar-refractivity contribution >= 4 is 27.5 Å². The van der Waals surface area contributed by atoms with Crippen molar-refractivity contribution in [2.75, 3.05) is 5.32 Å². The van der Waals surface area contributed by atoms with Crippen molar-refractivity contribution < 1.29 is 0 Å². The molecule has 32 heavy (non-hydrogen) atoms. The standard InChI is InChI=1S/C25H18N6S/c26-15-19(24-30-22-6-1-2-7-23(22)32-24)21-12-14-28-25(31-21)29-16-17-8-10-18(11-9-17)20-5-3-4-13-27-20/h1-14,19H,16H2,(H,28,29,31). The fraction of sp³-hybridized carbons (Fsp3) is 0.0800. The summed E-state index contributed by atoms with van der Waals surface area (Å²) < 4.78 is 1.06. The number of hydrogen-bond donors (Lipinski definition) is 1. The highest BCUT2D eigenvalue weighted by atomic mass is 32.1. The van der Waals surface area contributed by atoms with Gasteiger partial charge in [-0.05, 0) is 35.9 Å². The van der Waals surface area contributed by atoms with Gasteiger partial charge in [0.05, 0.1) is 27.7 Å². The maximum atomic E-state index is 9.81. The van der Waals surface area contributed by atoms with Gasteiger partial charge in [-0.1, -0.05) is 42.5 Å². The summed E-state index contributed by atoms with van der Waals surface area (Å²) in [5, 5.41) is 13.8. The van der Waals surface area contributed by atoms with Crippen molar-refractivity contribution in [3.05, 3.63) is 101 Å². The van der Waals surface area contributed by atoms with E-state index in [4.69, 9.17) is 0 Å². The van der Waals surface area contributed by atoms with E-state index in [2.05, 4.69) is 55.6 Å². The van der Waals surface area contributed by atoms with Crippen molar-refractivity contribution in [1.29, 1.82) is 5.26 Å². The summed E-state index contributed by atoms with van der Waals surface area (Å²) >= 11 is 1.52. The van der Waals surface area contributed by atoms with Crippen molar-refractivity contribution in [2.45, 2.75) is 12.5 Å². The van der Waals surface area contributed by atoms with Crippen LogP contribution in [0.1, 0.15) is 22.2 Å². The Labute approximate surface area is 189 Å². The molecule has 0 aliphatic rings. The molecular weight excluding hydrogens is 416 g/mol. The Morgan fingerprint density at radius 2 is 1.72 bits per heavy atom. The Hall–Kier alpha value is -4.15. The molecule has 0 bridgehead atoms. The summed E-state index contributed by atoms with van der Waals surface area (Å²) in [6.45, 7) is 0.574.